The highest BCUT2D eigenvalue weighted by Crippen LogP contribution is 2.47. The number of hydrogen-bond donors (Lipinski definition) is 2. The van der Waals surface area contributed by atoms with Crippen LogP contribution in [0.4, 0.5) is 52.7 Å². The smallest absolute Gasteiger partial charge is 0.442 e. The van der Waals surface area contributed by atoms with Gasteiger partial charge in [-0.1, -0.05) is 0 Å². The number of hydrogen-bond acceptors (Lipinski definition) is 4. The number of rotatable bonds is 11. The number of carboxylic acid groups (broad SMARTS) is 2. The van der Waals surface area contributed by atoms with E-state index in [9.17, 15) is 62.3 Å². The van der Waals surface area contributed by atoms with Crippen LogP contribution >= 0.6 is 0 Å². The summed E-state index contributed by atoms with van der Waals surface area (Å²) in [5.41, 5.74) is -12.4. The molecule has 0 fully saturated rings. The predicted octanol–water partition coefficient (Wildman–Crippen LogP) is 3.70. The first-order valence-electron chi connectivity index (χ1n) is 7.11. The van der Waals surface area contributed by atoms with Crippen molar-refractivity contribution in [1.29, 1.82) is 0 Å². The van der Waals surface area contributed by atoms with Crippen LogP contribution in [-0.2, 0) is 19.1 Å². The summed E-state index contributed by atoms with van der Waals surface area (Å²) in [5.74, 6) is -7.33. The maximum absolute atomic E-state index is 13.3. The fourth-order valence-electron chi connectivity index (χ4n) is 1.63. The molecule has 178 valence electrons. The molecule has 0 bridgehead atoms. The zero-order chi connectivity index (χ0) is 24.4. The molecule has 2 N–H and O–H groups in total. The van der Waals surface area contributed by atoms with E-state index in [0.717, 1.165) is 0 Å². The maximum Gasteiger partial charge on any atom is 0.442 e. The number of carbonyl (C=O) groups is 2. The van der Waals surface area contributed by atoms with Crippen molar-refractivity contribution in [2.45, 2.75) is 48.7 Å². The minimum Gasteiger partial charge on any atom is -0.478 e. The van der Waals surface area contributed by atoms with Crippen molar-refractivity contribution < 1.29 is 82.0 Å². The van der Waals surface area contributed by atoms with Crippen LogP contribution in [-0.4, -0.2) is 71.3 Å². The zero-order valence-electron chi connectivity index (χ0n) is 13.9. The monoisotopic (exact) mass is 478 g/mol. The highest BCUT2D eigenvalue weighted by molar-refractivity contribution is 5.80. The van der Waals surface area contributed by atoms with Gasteiger partial charge in [-0.15, -0.1) is 0 Å². The first-order valence-corrected chi connectivity index (χ1v) is 7.11. The third-order valence-electron chi connectivity index (χ3n) is 3.28. The maximum atomic E-state index is 13.3. The Balaban J connectivity index is 4.93. The van der Waals surface area contributed by atoms with Crippen LogP contribution in [0, 0.1) is 0 Å². The summed E-state index contributed by atoms with van der Waals surface area (Å²) in [6, 6.07) is 0. The van der Waals surface area contributed by atoms with Crippen LogP contribution in [0.5, 0.6) is 0 Å². The number of aliphatic carboxylic acids is 2. The molecule has 0 aliphatic heterocycles. The summed E-state index contributed by atoms with van der Waals surface area (Å²) in [4.78, 5) is 20.5. The van der Waals surface area contributed by atoms with Crippen molar-refractivity contribution in [1.82, 2.24) is 0 Å². The summed E-state index contributed by atoms with van der Waals surface area (Å²) < 4.78 is 160. The van der Waals surface area contributed by atoms with Gasteiger partial charge in [0.25, 0.3) is 0 Å². The Bertz CT molecular complexity index is 578. The number of carboxylic acids is 2. The summed E-state index contributed by atoms with van der Waals surface area (Å²) >= 11 is 0. The van der Waals surface area contributed by atoms with Crippen LogP contribution < -0.4 is 0 Å². The van der Waals surface area contributed by atoms with E-state index in [1.54, 1.807) is 0 Å². The Kier molecular flexibility index (Phi) is 8.07. The van der Waals surface area contributed by atoms with Crippen molar-refractivity contribution in [3.63, 3.8) is 0 Å². The average molecular weight is 478 g/mol. The lowest BCUT2D eigenvalue weighted by molar-refractivity contribution is -0.375. The van der Waals surface area contributed by atoms with Crippen LogP contribution in [0.3, 0.4) is 0 Å². The van der Waals surface area contributed by atoms with Crippen molar-refractivity contribution in [3.8, 4) is 0 Å². The van der Waals surface area contributed by atoms with E-state index in [4.69, 9.17) is 10.2 Å². The van der Waals surface area contributed by atoms with E-state index in [-0.39, 0.29) is 0 Å². The lowest BCUT2D eigenvalue weighted by Gasteiger charge is -2.31. The van der Waals surface area contributed by atoms with Crippen molar-refractivity contribution in [2.75, 3.05) is 13.2 Å². The standard InChI is InChI=1S/C12H10F12O6/c13-7(5(25)26,9(15,16)17)11(21,22)29-3-1-2-4-30-12(23,24)8(14,6(27)28)10(18,19)20/h1-4H2,(H,25,26)(H,27,28). The van der Waals surface area contributed by atoms with Gasteiger partial charge < -0.3 is 19.7 Å². The van der Waals surface area contributed by atoms with Crippen LogP contribution in [0.2, 0.25) is 0 Å². The molecule has 0 aromatic carbocycles. The van der Waals surface area contributed by atoms with Gasteiger partial charge in [0, 0.05) is 0 Å². The molecule has 6 nitrogen and oxygen atoms in total. The zero-order valence-corrected chi connectivity index (χ0v) is 13.9. The van der Waals surface area contributed by atoms with E-state index in [0.29, 0.717) is 0 Å². The van der Waals surface area contributed by atoms with Gasteiger partial charge in [-0.3, -0.25) is 0 Å². The molecule has 0 aliphatic rings. The third-order valence-corrected chi connectivity index (χ3v) is 3.28. The van der Waals surface area contributed by atoms with Gasteiger partial charge in [-0.2, -0.15) is 43.9 Å². The first-order chi connectivity index (χ1) is 13.1. The molecule has 0 radical (unpaired) electrons. The number of alkyl halides is 12. The molecule has 0 saturated carbocycles. The molecule has 0 rings (SSSR count). The molecule has 0 aromatic rings. The molecule has 2 unspecified atom stereocenters. The van der Waals surface area contributed by atoms with E-state index in [2.05, 4.69) is 9.47 Å². The topological polar surface area (TPSA) is 93.1 Å². The van der Waals surface area contributed by atoms with Crippen molar-refractivity contribution in [3.05, 3.63) is 0 Å². The van der Waals surface area contributed by atoms with Gasteiger partial charge in [0.05, 0.1) is 13.2 Å². The Morgan fingerprint density at radius 1 is 0.567 bits per heavy atom. The minimum absolute atomic E-state index is 1.06. The van der Waals surface area contributed by atoms with E-state index in [1.165, 1.54) is 0 Å². The van der Waals surface area contributed by atoms with Crippen molar-refractivity contribution in [2.24, 2.45) is 0 Å². The molecule has 2 atom stereocenters. The Labute approximate surface area is 157 Å². The van der Waals surface area contributed by atoms with E-state index >= 15 is 0 Å². The summed E-state index contributed by atoms with van der Waals surface area (Å²) in [7, 11) is 0. The van der Waals surface area contributed by atoms with E-state index < -0.39 is 73.9 Å². The van der Waals surface area contributed by atoms with Crippen LogP contribution in [0.25, 0.3) is 0 Å². The number of halogens is 12. The van der Waals surface area contributed by atoms with Gasteiger partial charge in [-0.25, -0.2) is 18.4 Å². The van der Waals surface area contributed by atoms with Crippen LogP contribution in [0.1, 0.15) is 12.8 Å². The Morgan fingerprint density at radius 2 is 0.800 bits per heavy atom. The molecule has 0 aromatic heterocycles. The molecular formula is C12H10F12O6. The summed E-state index contributed by atoms with van der Waals surface area (Å²) in [6.45, 7) is -3.29. The lowest BCUT2D eigenvalue weighted by atomic mass is 10.0. The number of unbranched alkanes of at least 4 members (excludes halogenated alkanes) is 1. The summed E-state index contributed by atoms with van der Waals surface area (Å²) in [5, 5.41) is 16.2. The molecule has 18 heteroatoms. The molecule has 0 spiro atoms. The molecule has 0 aliphatic carbocycles. The quantitative estimate of drug-likeness (QED) is 0.348. The summed E-state index contributed by atoms with van der Waals surface area (Å²) in [6.07, 6.45) is -27.4. The second kappa shape index (κ2) is 8.64. The van der Waals surface area contributed by atoms with Crippen LogP contribution in [0.15, 0.2) is 0 Å². The predicted molar refractivity (Wildman–Crippen MR) is 66.1 cm³/mol. The SMILES string of the molecule is O=C(O)C(F)(C(F)(F)F)C(F)(F)OCCCCOC(F)(F)C(F)(C(=O)O)C(F)(F)F. The van der Waals surface area contributed by atoms with Gasteiger partial charge >= 0.3 is 47.8 Å². The second-order valence-corrected chi connectivity index (χ2v) is 5.36. The minimum atomic E-state index is -6.65. The van der Waals surface area contributed by atoms with E-state index in [1.807, 2.05) is 0 Å². The molecular weight excluding hydrogens is 468 g/mol. The van der Waals surface area contributed by atoms with Crippen molar-refractivity contribution >= 4 is 11.9 Å². The normalized spacial score (nSPS) is 17.9. The molecule has 0 heterocycles. The van der Waals surface area contributed by atoms with Gasteiger partial charge in [0.1, 0.15) is 0 Å². The Hall–Kier alpha value is -1.98. The highest BCUT2D eigenvalue weighted by atomic mass is 19.4. The molecule has 0 saturated heterocycles. The fraction of sp³-hybridized carbons (Fsp3) is 0.833. The van der Waals surface area contributed by atoms with Gasteiger partial charge in [0.2, 0.25) is 0 Å². The first kappa shape index (κ1) is 28.0. The third kappa shape index (κ3) is 5.01. The highest BCUT2D eigenvalue weighted by Gasteiger charge is 2.79. The fourth-order valence-corrected chi connectivity index (χ4v) is 1.63. The lowest BCUT2D eigenvalue weighted by Crippen LogP contribution is -2.62. The Morgan fingerprint density at radius 3 is 0.967 bits per heavy atom. The molecule has 0 amide bonds. The second-order valence-electron chi connectivity index (χ2n) is 5.36. The van der Waals surface area contributed by atoms with Gasteiger partial charge in [0.15, 0.2) is 0 Å². The largest absolute Gasteiger partial charge is 0.478 e. The number of ether oxygens (including phenoxy) is 2. The van der Waals surface area contributed by atoms with Gasteiger partial charge in [-0.05, 0) is 12.8 Å². The molecule has 30 heavy (non-hydrogen) atoms. The average Bonchev–Trinajstić information content (AvgIpc) is 2.53.